The molecule has 1 rings (SSSR count). The van der Waals surface area contributed by atoms with Crippen LogP contribution in [0, 0.1) is 0 Å². The average molecular weight is 312 g/mol. The minimum Gasteiger partial charge on any atom is -0.351 e. The molecule has 0 spiro atoms. The minimum absolute atomic E-state index is 0.0117. The van der Waals surface area contributed by atoms with Gasteiger partial charge < -0.3 is 5.32 Å². The first-order valence-corrected chi connectivity index (χ1v) is 7.27. The van der Waals surface area contributed by atoms with Crippen molar-refractivity contribution < 1.29 is 13.2 Å². The second-order valence-corrected chi connectivity index (χ2v) is 6.09. The third-order valence-corrected chi connectivity index (χ3v) is 4.08. The lowest BCUT2D eigenvalue weighted by molar-refractivity contribution is 0.0956. The molecule has 0 aromatic carbocycles. The fourth-order valence-corrected chi connectivity index (χ4v) is 1.89. The van der Waals surface area contributed by atoms with Crippen LogP contribution in [0.4, 0.5) is 0 Å². The Balaban J connectivity index is 2.58. The third kappa shape index (κ3) is 4.41. The molecular weight excluding hydrogens is 301 g/mol. The van der Waals surface area contributed by atoms with Gasteiger partial charge in [0.25, 0.3) is 5.91 Å². The van der Waals surface area contributed by atoms with Crippen molar-refractivity contribution in [2.45, 2.75) is 0 Å². The first-order valence-electron chi connectivity index (χ1n) is 4.86. The van der Waals surface area contributed by atoms with Crippen LogP contribution < -0.4 is 10.0 Å². The molecule has 0 fully saturated rings. The Morgan fingerprint density at radius 3 is 2.67 bits per heavy atom. The van der Waals surface area contributed by atoms with Crippen LogP contribution in [0.1, 0.15) is 10.4 Å². The maximum atomic E-state index is 11.6. The van der Waals surface area contributed by atoms with E-state index in [4.69, 9.17) is 23.2 Å². The largest absolute Gasteiger partial charge is 0.351 e. The van der Waals surface area contributed by atoms with Gasteiger partial charge in [-0.05, 0) is 13.1 Å². The molecular formula is C9H11Cl2N3O3S. The molecule has 2 N–H and O–H groups in total. The Bertz CT molecular complexity index is 548. The van der Waals surface area contributed by atoms with Gasteiger partial charge in [-0.1, -0.05) is 23.2 Å². The summed E-state index contributed by atoms with van der Waals surface area (Å²) in [5.41, 5.74) is 0.214. The number of aromatic nitrogens is 1. The third-order valence-electron chi connectivity index (χ3n) is 2.03. The summed E-state index contributed by atoms with van der Waals surface area (Å²) in [7, 11) is -2.03. The highest BCUT2D eigenvalue weighted by atomic mass is 35.5. The Morgan fingerprint density at radius 1 is 1.44 bits per heavy atom. The van der Waals surface area contributed by atoms with E-state index in [0.717, 1.165) is 0 Å². The van der Waals surface area contributed by atoms with Crippen molar-refractivity contribution >= 4 is 39.1 Å². The van der Waals surface area contributed by atoms with Crippen molar-refractivity contribution in [3.05, 3.63) is 28.0 Å². The number of hydrogen-bond acceptors (Lipinski definition) is 4. The van der Waals surface area contributed by atoms with Gasteiger partial charge in [-0.15, -0.1) is 0 Å². The topological polar surface area (TPSA) is 88.2 Å². The van der Waals surface area contributed by atoms with Crippen LogP contribution in [0.2, 0.25) is 10.2 Å². The molecule has 9 heteroatoms. The van der Waals surface area contributed by atoms with Crippen molar-refractivity contribution in [3.63, 3.8) is 0 Å². The SMILES string of the molecule is CNS(=O)(=O)CCNC(=O)c1cnc(Cl)c(Cl)c1. The highest BCUT2D eigenvalue weighted by molar-refractivity contribution is 7.89. The number of amides is 1. The molecule has 0 aliphatic heterocycles. The number of sulfonamides is 1. The van der Waals surface area contributed by atoms with Gasteiger partial charge in [0.15, 0.2) is 0 Å². The van der Waals surface area contributed by atoms with E-state index in [-0.39, 0.29) is 28.0 Å². The summed E-state index contributed by atoms with van der Waals surface area (Å²) >= 11 is 11.3. The van der Waals surface area contributed by atoms with Gasteiger partial charge >= 0.3 is 0 Å². The number of carbonyl (C=O) groups excluding carboxylic acids is 1. The molecule has 0 atom stereocenters. The van der Waals surface area contributed by atoms with E-state index in [1.807, 2.05) is 0 Å². The summed E-state index contributed by atoms with van der Waals surface area (Å²) in [5, 5.41) is 2.70. The minimum atomic E-state index is -3.34. The lowest BCUT2D eigenvalue weighted by atomic mass is 10.3. The maximum Gasteiger partial charge on any atom is 0.252 e. The van der Waals surface area contributed by atoms with Crippen molar-refractivity contribution in [1.82, 2.24) is 15.0 Å². The van der Waals surface area contributed by atoms with Crippen LogP contribution in [0.15, 0.2) is 12.3 Å². The molecule has 0 radical (unpaired) electrons. The summed E-state index contributed by atoms with van der Waals surface area (Å²) in [4.78, 5) is 15.3. The fraction of sp³-hybridized carbons (Fsp3) is 0.333. The zero-order valence-corrected chi connectivity index (χ0v) is 11.7. The van der Waals surface area contributed by atoms with Gasteiger partial charge in [0.1, 0.15) is 5.15 Å². The van der Waals surface area contributed by atoms with Crippen LogP contribution in [-0.2, 0) is 10.0 Å². The summed E-state index contributed by atoms with van der Waals surface area (Å²) in [6.45, 7) is -0.0117. The van der Waals surface area contributed by atoms with E-state index < -0.39 is 15.9 Å². The Morgan fingerprint density at radius 2 is 2.11 bits per heavy atom. The molecule has 1 aromatic rings. The molecule has 1 heterocycles. The second-order valence-electron chi connectivity index (χ2n) is 3.28. The molecule has 6 nitrogen and oxygen atoms in total. The monoisotopic (exact) mass is 311 g/mol. The summed E-state index contributed by atoms with van der Waals surface area (Å²) in [6, 6.07) is 1.36. The Labute approximate surface area is 115 Å². The van der Waals surface area contributed by atoms with Gasteiger partial charge in [-0.3, -0.25) is 4.79 Å². The van der Waals surface area contributed by atoms with Crippen LogP contribution in [0.5, 0.6) is 0 Å². The Kier molecular flexibility index (Phi) is 5.33. The number of carbonyl (C=O) groups is 1. The first-order chi connectivity index (χ1) is 8.35. The number of nitrogens with one attached hydrogen (secondary N) is 2. The molecule has 1 amide bonds. The zero-order chi connectivity index (χ0) is 13.8. The molecule has 1 aromatic heterocycles. The molecule has 100 valence electrons. The maximum absolute atomic E-state index is 11.6. The lowest BCUT2D eigenvalue weighted by Crippen LogP contribution is -2.33. The van der Waals surface area contributed by atoms with Gasteiger partial charge in [-0.25, -0.2) is 18.1 Å². The van der Waals surface area contributed by atoms with Crippen molar-refractivity contribution in [2.75, 3.05) is 19.3 Å². The smallest absolute Gasteiger partial charge is 0.252 e. The lowest BCUT2D eigenvalue weighted by Gasteiger charge is -2.06. The molecule has 0 saturated heterocycles. The van der Waals surface area contributed by atoms with E-state index in [9.17, 15) is 13.2 Å². The highest BCUT2D eigenvalue weighted by Gasteiger charge is 2.11. The van der Waals surface area contributed by atoms with E-state index in [2.05, 4.69) is 15.0 Å². The Hall–Kier alpha value is -0.890. The van der Waals surface area contributed by atoms with Crippen LogP contribution in [-0.4, -0.2) is 38.7 Å². The van der Waals surface area contributed by atoms with Crippen LogP contribution in [0.25, 0.3) is 0 Å². The quantitative estimate of drug-likeness (QED) is 0.782. The first kappa shape index (κ1) is 15.2. The molecule has 0 aliphatic rings. The van der Waals surface area contributed by atoms with Gasteiger partial charge in [0.05, 0.1) is 16.3 Å². The van der Waals surface area contributed by atoms with Crippen LogP contribution >= 0.6 is 23.2 Å². The second kappa shape index (κ2) is 6.33. The predicted octanol–water partition coefficient (Wildman–Crippen LogP) is 0.667. The molecule has 18 heavy (non-hydrogen) atoms. The van der Waals surface area contributed by atoms with E-state index in [1.54, 1.807) is 0 Å². The normalized spacial score (nSPS) is 11.3. The number of hydrogen-bond donors (Lipinski definition) is 2. The number of pyridine rings is 1. The van der Waals surface area contributed by atoms with E-state index in [1.165, 1.54) is 19.3 Å². The number of nitrogens with zero attached hydrogens (tertiary/aromatic N) is 1. The number of rotatable bonds is 5. The summed E-state index contributed by atoms with van der Waals surface area (Å²) in [5.74, 6) is -0.670. The predicted molar refractivity (Wildman–Crippen MR) is 69.4 cm³/mol. The highest BCUT2D eigenvalue weighted by Crippen LogP contribution is 2.19. The average Bonchev–Trinajstić information content (AvgIpc) is 2.32. The van der Waals surface area contributed by atoms with Crippen molar-refractivity contribution in [1.29, 1.82) is 0 Å². The van der Waals surface area contributed by atoms with Gasteiger partial charge in [-0.2, -0.15) is 0 Å². The van der Waals surface area contributed by atoms with Crippen molar-refractivity contribution in [2.24, 2.45) is 0 Å². The fourth-order valence-electron chi connectivity index (χ4n) is 1.05. The van der Waals surface area contributed by atoms with E-state index >= 15 is 0 Å². The van der Waals surface area contributed by atoms with Gasteiger partial charge in [0, 0.05) is 12.7 Å². The van der Waals surface area contributed by atoms with Crippen molar-refractivity contribution in [3.8, 4) is 0 Å². The standard InChI is InChI=1S/C9H11Cl2N3O3S/c1-12-18(16,17)3-2-13-9(15)6-4-7(10)8(11)14-5-6/h4-5,12H,2-3H2,1H3,(H,13,15). The summed E-state index contributed by atoms with van der Waals surface area (Å²) < 4.78 is 24.3. The van der Waals surface area contributed by atoms with Gasteiger partial charge in [0.2, 0.25) is 10.0 Å². The summed E-state index contributed by atoms with van der Waals surface area (Å²) in [6.07, 6.45) is 1.26. The molecule has 0 bridgehead atoms. The molecule has 0 saturated carbocycles. The van der Waals surface area contributed by atoms with Crippen LogP contribution in [0.3, 0.4) is 0 Å². The molecule has 0 unspecified atom stereocenters. The number of halogens is 2. The van der Waals surface area contributed by atoms with E-state index in [0.29, 0.717) is 0 Å². The molecule has 0 aliphatic carbocycles. The zero-order valence-electron chi connectivity index (χ0n) is 9.41.